The minimum absolute atomic E-state index is 0.0562. The van der Waals surface area contributed by atoms with Crippen molar-refractivity contribution in [3.63, 3.8) is 0 Å². The van der Waals surface area contributed by atoms with Crippen molar-refractivity contribution in [1.29, 1.82) is 0 Å². The van der Waals surface area contributed by atoms with Crippen LogP contribution < -0.4 is 9.47 Å². The normalized spacial score (nSPS) is 11.0. The molecular weight excluding hydrogens is 513 g/mol. The Bertz CT molecular complexity index is 1210. The number of benzene rings is 3. The van der Waals surface area contributed by atoms with Crippen LogP contribution in [-0.4, -0.2) is 12.6 Å². The summed E-state index contributed by atoms with van der Waals surface area (Å²) in [6.45, 7) is 4.66. The first-order chi connectivity index (χ1) is 19.4. The Morgan fingerprint density at radius 1 is 0.675 bits per heavy atom. The molecule has 0 amide bonds. The topological polar surface area (TPSA) is 35.5 Å². The Labute approximate surface area is 236 Å². The van der Waals surface area contributed by atoms with Crippen LogP contribution in [0.3, 0.4) is 0 Å². The number of halogens is 3. The highest BCUT2D eigenvalue weighted by Crippen LogP contribution is 2.30. The zero-order valence-electron chi connectivity index (χ0n) is 23.7. The average molecular weight is 555 g/mol. The summed E-state index contributed by atoms with van der Waals surface area (Å²) in [5, 5.41) is 0. The van der Waals surface area contributed by atoms with Gasteiger partial charge >= 0.3 is 5.97 Å². The number of hydrogen-bond acceptors (Lipinski definition) is 3. The zero-order valence-corrected chi connectivity index (χ0v) is 23.7. The first kappa shape index (κ1) is 31.3. The number of aryl methyl sites for hydroxylation is 1. The lowest BCUT2D eigenvalue weighted by Crippen LogP contribution is -2.09. The standard InChI is InChI=1S/C34H41F3O3/c1-3-5-7-9-11-13-23-39-31-22-20-28(32(36)33(31)37)26-16-18-27(19-17-26)34(38)40-30-21-15-25(24-29(30)35)14-12-10-8-6-4-2/h15-22,24H,3-14,23H2,1-2H3. The van der Waals surface area contributed by atoms with Crippen molar-refractivity contribution in [3.05, 3.63) is 83.2 Å². The van der Waals surface area contributed by atoms with Crippen molar-refractivity contribution >= 4 is 5.97 Å². The molecule has 0 spiro atoms. The lowest BCUT2D eigenvalue weighted by Gasteiger charge is -2.11. The van der Waals surface area contributed by atoms with Gasteiger partial charge in [0.15, 0.2) is 23.1 Å². The van der Waals surface area contributed by atoms with Crippen molar-refractivity contribution in [2.24, 2.45) is 0 Å². The molecule has 216 valence electrons. The number of ether oxygens (including phenoxy) is 2. The van der Waals surface area contributed by atoms with Crippen LogP contribution in [-0.2, 0) is 6.42 Å². The first-order valence-corrected chi connectivity index (χ1v) is 14.7. The molecule has 0 bridgehead atoms. The van der Waals surface area contributed by atoms with Crippen LogP contribution in [0.4, 0.5) is 13.2 Å². The largest absolute Gasteiger partial charge is 0.490 e. The monoisotopic (exact) mass is 554 g/mol. The van der Waals surface area contributed by atoms with Crippen LogP contribution in [0.15, 0.2) is 54.6 Å². The van der Waals surface area contributed by atoms with Gasteiger partial charge in [0.05, 0.1) is 12.2 Å². The van der Waals surface area contributed by atoms with Crippen LogP contribution in [0, 0.1) is 17.5 Å². The molecule has 3 nitrogen and oxygen atoms in total. The van der Waals surface area contributed by atoms with Crippen LogP contribution in [0.1, 0.15) is 100 Å². The minimum Gasteiger partial charge on any atom is -0.490 e. The molecule has 0 unspecified atom stereocenters. The number of carbonyl (C=O) groups excluding carboxylic acids is 1. The SMILES string of the molecule is CCCCCCCCOc1ccc(-c2ccc(C(=O)Oc3ccc(CCCCCCC)cc3F)cc2)c(F)c1F. The number of hydrogen-bond donors (Lipinski definition) is 0. The van der Waals surface area contributed by atoms with Gasteiger partial charge in [0.25, 0.3) is 0 Å². The summed E-state index contributed by atoms with van der Waals surface area (Å²) in [5.74, 6) is -3.63. The Hall–Kier alpha value is -3.28. The molecule has 3 rings (SSSR count). The molecule has 3 aromatic rings. The van der Waals surface area contributed by atoms with Gasteiger partial charge in [-0.3, -0.25) is 0 Å². The number of rotatable bonds is 17. The molecule has 0 aliphatic rings. The summed E-state index contributed by atoms with van der Waals surface area (Å²) in [5.41, 5.74) is 1.49. The summed E-state index contributed by atoms with van der Waals surface area (Å²) in [4.78, 5) is 12.6. The summed E-state index contributed by atoms with van der Waals surface area (Å²) in [6, 6.07) is 13.4. The maximum absolute atomic E-state index is 14.8. The molecule has 0 saturated carbocycles. The van der Waals surface area contributed by atoms with Gasteiger partial charge in [-0.1, -0.05) is 89.8 Å². The second-order valence-electron chi connectivity index (χ2n) is 10.3. The smallest absolute Gasteiger partial charge is 0.343 e. The van der Waals surface area contributed by atoms with Crippen molar-refractivity contribution in [2.75, 3.05) is 6.61 Å². The average Bonchev–Trinajstić information content (AvgIpc) is 2.96. The van der Waals surface area contributed by atoms with E-state index in [1.54, 1.807) is 6.07 Å². The Kier molecular flexibility index (Phi) is 13.1. The second kappa shape index (κ2) is 16.7. The van der Waals surface area contributed by atoms with E-state index in [0.29, 0.717) is 12.2 Å². The van der Waals surface area contributed by atoms with Gasteiger partial charge in [-0.05, 0) is 66.8 Å². The highest BCUT2D eigenvalue weighted by Gasteiger charge is 2.17. The Morgan fingerprint density at radius 2 is 1.30 bits per heavy atom. The van der Waals surface area contributed by atoms with Crippen molar-refractivity contribution in [3.8, 4) is 22.6 Å². The van der Waals surface area contributed by atoms with E-state index in [-0.39, 0.29) is 22.6 Å². The van der Waals surface area contributed by atoms with Gasteiger partial charge < -0.3 is 9.47 Å². The van der Waals surface area contributed by atoms with Crippen molar-refractivity contribution in [1.82, 2.24) is 0 Å². The molecule has 0 saturated heterocycles. The fourth-order valence-corrected chi connectivity index (χ4v) is 4.59. The van der Waals surface area contributed by atoms with Gasteiger partial charge in [0.2, 0.25) is 5.82 Å². The maximum atomic E-state index is 14.8. The minimum atomic E-state index is -1.04. The predicted molar refractivity (Wildman–Crippen MR) is 154 cm³/mol. The van der Waals surface area contributed by atoms with E-state index in [4.69, 9.17) is 9.47 Å². The first-order valence-electron chi connectivity index (χ1n) is 14.7. The fourth-order valence-electron chi connectivity index (χ4n) is 4.59. The van der Waals surface area contributed by atoms with Gasteiger partial charge in [-0.15, -0.1) is 0 Å². The molecule has 0 N–H and O–H groups in total. The maximum Gasteiger partial charge on any atom is 0.343 e. The third-order valence-electron chi connectivity index (χ3n) is 7.00. The third-order valence-corrected chi connectivity index (χ3v) is 7.00. The molecule has 6 heteroatoms. The van der Waals surface area contributed by atoms with Gasteiger partial charge in [0.1, 0.15) is 0 Å². The molecule has 0 fully saturated rings. The second-order valence-corrected chi connectivity index (χ2v) is 10.3. The summed E-state index contributed by atoms with van der Waals surface area (Å²) in [7, 11) is 0. The van der Waals surface area contributed by atoms with Gasteiger partial charge in [0, 0.05) is 5.56 Å². The third kappa shape index (κ3) is 9.42. The highest BCUT2D eigenvalue weighted by atomic mass is 19.2. The van der Waals surface area contributed by atoms with E-state index in [2.05, 4.69) is 13.8 Å². The van der Waals surface area contributed by atoms with E-state index in [1.165, 1.54) is 87.1 Å². The van der Waals surface area contributed by atoms with E-state index in [0.717, 1.165) is 44.1 Å². The van der Waals surface area contributed by atoms with E-state index >= 15 is 0 Å². The molecular formula is C34H41F3O3. The van der Waals surface area contributed by atoms with E-state index in [1.807, 2.05) is 0 Å². The fraction of sp³-hybridized carbons (Fsp3) is 0.441. The highest BCUT2D eigenvalue weighted by molar-refractivity contribution is 5.91. The molecule has 0 heterocycles. The van der Waals surface area contributed by atoms with Gasteiger partial charge in [-0.25, -0.2) is 13.6 Å². The summed E-state index contributed by atoms with van der Waals surface area (Å²) < 4.78 is 54.8. The van der Waals surface area contributed by atoms with Crippen LogP contribution >= 0.6 is 0 Å². The summed E-state index contributed by atoms with van der Waals surface area (Å²) in [6.07, 6.45) is 12.9. The van der Waals surface area contributed by atoms with E-state index in [9.17, 15) is 18.0 Å². The number of carbonyl (C=O) groups is 1. The van der Waals surface area contributed by atoms with Crippen molar-refractivity contribution in [2.45, 2.75) is 90.9 Å². The Balaban J connectivity index is 1.55. The molecule has 40 heavy (non-hydrogen) atoms. The summed E-state index contributed by atoms with van der Waals surface area (Å²) >= 11 is 0. The zero-order chi connectivity index (χ0) is 28.7. The molecule has 0 aromatic heterocycles. The van der Waals surface area contributed by atoms with Crippen LogP contribution in [0.5, 0.6) is 11.5 Å². The molecule has 0 aliphatic heterocycles. The quantitative estimate of drug-likeness (QED) is 0.0946. The molecule has 0 atom stereocenters. The van der Waals surface area contributed by atoms with Crippen LogP contribution in [0.2, 0.25) is 0 Å². The van der Waals surface area contributed by atoms with Crippen molar-refractivity contribution < 1.29 is 27.4 Å². The lowest BCUT2D eigenvalue weighted by atomic mass is 10.0. The number of esters is 1. The Morgan fingerprint density at radius 3 is 1.98 bits per heavy atom. The van der Waals surface area contributed by atoms with Gasteiger partial charge in [-0.2, -0.15) is 4.39 Å². The molecule has 0 radical (unpaired) electrons. The number of unbranched alkanes of at least 4 members (excludes halogenated alkanes) is 9. The molecule has 3 aromatic carbocycles. The van der Waals surface area contributed by atoms with E-state index < -0.39 is 23.4 Å². The molecule has 0 aliphatic carbocycles. The predicted octanol–water partition coefficient (Wildman–Crippen LogP) is 10.2. The lowest BCUT2D eigenvalue weighted by molar-refractivity contribution is 0.0728. The van der Waals surface area contributed by atoms with Crippen LogP contribution in [0.25, 0.3) is 11.1 Å².